The molecule has 1 fully saturated rings. The zero-order valence-electron chi connectivity index (χ0n) is 15.8. The van der Waals surface area contributed by atoms with Gasteiger partial charge in [0.2, 0.25) is 5.91 Å². The average molecular weight is 361 g/mol. The predicted octanol–water partition coefficient (Wildman–Crippen LogP) is 1.83. The molecule has 0 saturated carbocycles. The van der Waals surface area contributed by atoms with E-state index in [2.05, 4.69) is 5.32 Å². The molecular weight excluding hydrogens is 334 g/mol. The maximum Gasteiger partial charge on any atom is 0.410 e. The molecule has 0 unspecified atom stereocenters. The zero-order chi connectivity index (χ0) is 19.1. The molecule has 26 heavy (non-hydrogen) atoms. The Morgan fingerprint density at radius 3 is 2.65 bits per heavy atom. The fourth-order valence-corrected chi connectivity index (χ4v) is 3.39. The smallest absolute Gasteiger partial charge is 0.410 e. The molecular formula is C19H27N3O4. The highest BCUT2D eigenvalue weighted by Gasteiger charge is 2.37. The summed E-state index contributed by atoms with van der Waals surface area (Å²) in [5, 5.41) is 13.2. The number of phenols is 1. The van der Waals surface area contributed by atoms with Crippen molar-refractivity contribution in [2.45, 2.75) is 58.5 Å². The first-order valence-corrected chi connectivity index (χ1v) is 8.97. The van der Waals surface area contributed by atoms with Crippen molar-refractivity contribution in [2.75, 3.05) is 13.1 Å². The fourth-order valence-electron chi connectivity index (χ4n) is 3.39. The summed E-state index contributed by atoms with van der Waals surface area (Å²) in [4.78, 5) is 28.7. The molecule has 7 nitrogen and oxygen atoms in total. The van der Waals surface area contributed by atoms with Crippen molar-refractivity contribution in [3.8, 4) is 5.75 Å². The number of hydrogen-bond acceptors (Lipinski definition) is 5. The third-order valence-corrected chi connectivity index (χ3v) is 4.77. The van der Waals surface area contributed by atoms with E-state index in [0.717, 1.165) is 11.1 Å². The maximum atomic E-state index is 12.9. The van der Waals surface area contributed by atoms with Gasteiger partial charge in [0.25, 0.3) is 0 Å². The molecule has 0 spiro atoms. The van der Waals surface area contributed by atoms with Crippen molar-refractivity contribution in [1.82, 2.24) is 15.1 Å². The number of phenolic OH excluding ortho intramolecular Hbond substituents is 1. The van der Waals surface area contributed by atoms with E-state index in [4.69, 9.17) is 4.74 Å². The molecule has 2 amide bonds. The normalized spacial score (nSPS) is 22.9. The lowest BCUT2D eigenvalue weighted by Crippen LogP contribution is -2.62. The second kappa shape index (κ2) is 6.79. The quantitative estimate of drug-likeness (QED) is 0.798. The van der Waals surface area contributed by atoms with Gasteiger partial charge >= 0.3 is 6.09 Å². The molecule has 0 aromatic heterocycles. The first kappa shape index (κ1) is 18.5. The number of carbonyl (C=O) groups excluding carboxylic acids is 2. The molecule has 0 radical (unpaired) electrons. The van der Waals surface area contributed by atoms with Crippen LogP contribution in [0.4, 0.5) is 4.79 Å². The number of nitrogens with zero attached hydrogens (tertiary/aromatic N) is 2. The van der Waals surface area contributed by atoms with Gasteiger partial charge in [-0.3, -0.25) is 4.79 Å². The number of carbonyl (C=O) groups is 2. The highest BCUT2D eigenvalue weighted by molar-refractivity contribution is 5.84. The van der Waals surface area contributed by atoms with Crippen molar-refractivity contribution in [3.63, 3.8) is 0 Å². The third-order valence-electron chi connectivity index (χ3n) is 4.77. The second-order valence-electron chi connectivity index (χ2n) is 8.05. The summed E-state index contributed by atoms with van der Waals surface area (Å²) in [6.45, 7) is 9.08. The van der Waals surface area contributed by atoms with Gasteiger partial charge in [0.1, 0.15) is 17.4 Å². The van der Waals surface area contributed by atoms with Crippen molar-refractivity contribution in [2.24, 2.45) is 0 Å². The number of aromatic hydroxyl groups is 1. The lowest BCUT2D eigenvalue weighted by atomic mass is 10.1. The largest absolute Gasteiger partial charge is 0.508 e. The Labute approximate surface area is 153 Å². The lowest BCUT2D eigenvalue weighted by molar-refractivity contribution is -0.135. The molecule has 142 valence electrons. The van der Waals surface area contributed by atoms with Crippen LogP contribution in [0.5, 0.6) is 5.75 Å². The van der Waals surface area contributed by atoms with E-state index in [0.29, 0.717) is 19.6 Å². The molecule has 1 aromatic carbocycles. The van der Waals surface area contributed by atoms with Crippen LogP contribution in [0.2, 0.25) is 0 Å². The fraction of sp³-hybridized carbons (Fsp3) is 0.579. The van der Waals surface area contributed by atoms with Crippen LogP contribution in [-0.4, -0.2) is 57.7 Å². The number of fused-ring (bicyclic) bond motifs is 1. The molecule has 2 N–H and O–H groups in total. The maximum absolute atomic E-state index is 12.9. The van der Waals surface area contributed by atoms with Crippen LogP contribution in [0.3, 0.4) is 0 Å². The molecule has 3 rings (SSSR count). The van der Waals surface area contributed by atoms with Crippen LogP contribution in [0.15, 0.2) is 18.2 Å². The summed E-state index contributed by atoms with van der Waals surface area (Å²) >= 11 is 0. The first-order valence-electron chi connectivity index (χ1n) is 8.97. The number of rotatable bonds is 1. The highest BCUT2D eigenvalue weighted by atomic mass is 16.6. The van der Waals surface area contributed by atoms with E-state index in [1.807, 2.05) is 33.8 Å². The number of ether oxygens (including phenoxy) is 1. The van der Waals surface area contributed by atoms with Crippen LogP contribution in [0, 0.1) is 0 Å². The standard InChI is InChI=1S/C19H27N3O4/c1-12-8-20-15(11-22(12)18(25)26-19(2,3)4)17(24)21-9-13-6-5-7-16(23)14(13)10-21/h5-7,12,15,20,23H,8-11H2,1-4H3/t12-,15+/m1/s1. The van der Waals surface area contributed by atoms with E-state index in [1.165, 1.54) is 0 Å². The van der Waals surface area contributed by atoms with Gasteiger partial charge in [-0.25, -0.2) is 4.79 Å². The van der Waals surface area contributed by atoms with Crippen LogP contribution in [0.1, 0.15) is 38.8 Å². The number of hydrogen-bond donors (Lipinski definition) is 2. The van der Waals surface area contributed by atoms with Gasteiger partial charge in [0.05, 0.1) is 6.54 Å². The van der Waals surface area contributed by atoms with Crippen LogP contribution < -0.4 is 5.32 Å². The Morgan fingerprint density at radius 1 is 1.27 bits per heavy atom. The zero-order valence-corrected chi connectivity index (χ0v) is 15.8. The van der Waals surface area contributed by atoms with Gasteiger partial charge in [-0.2, -0.15) is 0 Å². The van der Waals surface area contributed by atoms with Gasteiger partial charge in [0, 0.05) is 31.2 Å². The van der Waals surface area contributed by atoms with Gasteiger partial charge in [-0.05, 0) is 39.3 Å². The van der Waals surface area contributed by atoms with Crippen LogP contribution in [-0.2, 0) is 22.6 Å². The van der Waals surface area contributed by atoms with Crippen molar-refractivity contribution in [1.29, 1.82) is 0 Å². The Balaban J connectivity index is 1.67. The number of nitrogens with one attached hydrogen (secondary N) is 1. The molecule has 2 aliphatic heterocycles. The van der Waals surface area contributed by atoms with Crippen molar-refractivity contribution >= 4 is 12.0 Å². The highest BCUT2D eigenvalue weighted by Crippen LogP contribution is 2.30. The van der Waals surface area contributed by atoms with E-state index in [-0.39, 0.29) is 24.2 Å². The number of piperazine rings is 1. The third kappa shape index (κ3) is 3.77. The topological polar surface area (TPSA) is 82.1 Å². The van der Waals surface area contributed by atoms with Crippen LogP contribution in [0.25, 0.3) is 0 Å². The predicted molar refractivity (Wildman–Crippen MR) is 96.6 cm³/mol. The molecule has 2 aliphatic rings. The van der Waals surface area contributed by atoms with Crippen LogP contribution >= 0.6 is 0 Å². The van der Waals surface area contributed by atoms with Crippen molar-refractivity contribution < 1.29 is 19.4 Å². The molecule has 0 aliphatic carbocycles. The second-order valence-corrected chi connectivity index (χ2v) is 8.05. The number of amides is 2. The summed E-state index contributed by atoms with van der Waals surface area (Å²) in [7, 11) is 0. The monoisotopic (exact) mass is 361 g/mol. The Bertz CT molecular complexity index is 713. The molecule has 7 heteroatoms. The van der Waals surface area contributed by atoms with E-state index >= 15 is 0 Å². The van der Waals surface area contributed by atoms with E-state index in [1.54, 1.807) is 21.9 Å². The Hall–Kier alpha value is -2.28. The molecule has 2 atom stereocenters. The summed E-state index contributed by atoms with van der Waals surface area (Å²) in [6.07, 6.45) is -0.397. The minimum Gasteiger partial charge on any atom is -0.508 e. The van der Waals surface area contributed by atoms with Crippen molar-refractivity contribution in [3.05, 3.63) is 29.3 Å². The van der Waals surface area contributed by atoms with E-state index in [9.17, 15) is 14.7 Å². The Kier molecular flexibility index (Phi) is 4.84. The molecule has 1 aromatic rings. The van der Waals surface area contributed by atoms with Gasteiger partial charge < -0.3 is 25.0 Å². The first-order chi connectivity index (χ1) is 12.2. The van der Waals surface area contributed by atoms with E-state index < -0.39 is 17.7 Å². The minimum absolute atomic E-state index is 0.0475. The minimum atomic E-state index is -0.574. The Morgan fingerprint density at radius 2 is 2.00 bits per heavy atom. The molecule has 1 saturated heterocycles. The number of benzene rings is 1. The summed E-state index contributed by atoms with van der Waals surface area (Å²) in [5.41, 5.74) is 1.19. The summed E-state index contributed by atoms with van der Waals surface area (Å²) in [6, 6.07) is 4.82. The lowest BCUT2D eigenvalue weighted by Gasteiger charge is -2.39. The SMILES string of the molecule is C[C@@H]1CN[C@H](C(=O)N2Cc3cccc(O)c3C2)CN1C(=O)OC(C)(C)C. The van der Waals surface area contributed by atoms with Gasteiger partial charge in [0.15, 0.2) is 0 Å². The molecule has 0 bridgehead atoms. The molecule has 2 heterocycles. The van der Waals surface area contributed by atoms with Gasteiger partial charge in [-0.15, -0.1) is 0 Å². The summed E-state index contributed by atoms with van der Waals surface area (Å²) < 4.78 is 5.47. The average Bonchev–Trinajstić information content (AvgIpc) is 2.98. The van der Waals surface area contributed by atoms with Gasteiger partial charge in [-0.1, -0.05) is 12.1 Å². The summed E-state index contributed by atoms with van der Waals surface area (Å²) in [5.74, 6) is 0.152.